The van der Waals surface area contributed by atoms with Crippen LogP contribution in [0.5, 0.6) is 11.5 Å². The minimum absolute atomic E-state index is 0.573. The van der Waals surface area contributed by atoms with Crippen LogP contribution in [0.2, 0.25) is 0 Å². The summed E-state index contributed by atoms with van der Waals surface area (Å²) in [6, 6.07) is 32.5. The quantitative estimate of drug-likeness (QED) is 0.329. The van der Waals surface area contributed by atoms with Crippen LogP contribution in [0, 0.1) is 0 Å². The predicted molar refractivity (Wildman–Crippen MR) is 132 cm³/mol. The number of nitrogens with one attached hydrogen (secondary N) is 1. The van der Waals surface area contributed by atoms with Gasteiger partial charge in [0.15, 0.2) is 0 Å². The van der Waals surface area contributed by atoms with Crippen molar-refractivity contribution in [2.24, 2.45) is 5.73 Å². The summed E-state index contributed by atoms with van der Waals surface area (Å²) in [5.74, 6) is 1.76. The first kappa shape index (κ1) is 21.5. The molecule has 0 fully saturated rings. The van der Waals surface area contributed by atoms with E-state index >= 15 is 0 Å². The van der Waals surface area contributed by atoms with Gasteiger partial charge in [-0.25, -0.2) is 0 Å². The van der Waals surface area contributed by atoms with Gasteiger partial charge in [0.2, 0.25) is 0 Å². The summed E-state index contributed by atoms with van der Waals surface area (Å²) in [4.78, 5) is 3.44. The first-order valence-electron chi connectivity index (χ1n) is 10.9. The maximum atomic E-state index is 5.94. The SMILES string of the molecule is CCOc1ccc2c(c1)[nH]c1ccc(OCc3ccccc3)cc12.NCc1ccccc1. The summed E-state index contributed by atoms with van der Waals surface area (Å²) in [5.41, 5.74) is 9.88. The Morgan fingerprint density at radius 3 is 1.97 bits per heavy atom. The molecular formula is C28H28N2O2. The van der Waals surface area contributed by atoms with E-state index in [0.29, 0.717) is 19.8 Å². The second-order valence-electron chi connectivity index (χ2n) is 7.44. The molecule has 5 aromatic rings. The number of rotatable bonds is 6. The Morgan fingerprint density at radius 2 is 1.31 bits per heavy atom. The zero-order valence-electron chi connectivity index (χ0n) is 18.3. The summed E-state index contributed by atoms with van der Waals surface area (Å²) in [5, 5.41) is 2.34. The van der Waals surface area contributed by atoms with Gasteiger partial charge in [-0.15, -0.1) is 0 Å². The van der Waals surface area contributed by atoms with E-state index in [1.54, 1.807) is 0 Å². The van der Waals surface area contributed by atoms with Crippen LogP contribution in [-0.4, -0.2) is 11.6 Å². The number of H-pyrrole nitrogens is 1. The number of benzene rings is 4. The van der Waals surface area contributed by atoms with Crippen molar-refractivity contribution in [3.63, 3.8) is 0 Å². The third-order valence-electron chi connectivity index (χ3n) is 5.18. The fourth-order valence-electron chi connectivity index (χ4n) is 3.56. The maximum Gasteiger partial charge on any atom is 0.121 e. The Labute approximate surface area is 188 Å². The molecule has 5 rings (SSSR count). The lowest BCUT2D eigenvalue weighted by Gasteiger charge is -2.06. The van der Waals surface area contributed by atoms with Gasteiger partial charge < -0.3 is 20.2 Å². The van der Waals surface area contributed by atoms with Crippen LogP contribution in [0.1, 0.15) is 18.1 Å². The van der Waals surface area contributed by atoms with Gasteiger partial charge in [-0.2, -0.15) is 0 Å². The Balaban J connectivity index is 0.000000260. The van der Waals surface area contributed by atoms with E-state index in [1.807, 2.05) is 73.7 Å². The molecule has 0 aliphatic rings. The molecular weight excluding hydrogens is 396 g/mol. The number of hydrogen-bond acceptors (Lipinski definition) is 3. The van der Waals surface area contributed by atoms with E-state index in [4.69, 9.17) is 15.2 Å². The van der Waals surface area contributed by atoms with E-state index in [9.17, 15) is 0 Å². The number of aromatic amines is 1. The van der Waals surface area contributed by atoms with Gasteiger partial charge in [0.1, 0.15) is 18.1 Å². The van der Waals surface area contributed by atoms with Crippen molar-refractivity contribution in [2.45, 2.75) is 20.1 Å². The zero-order chi connectivity index (χ0) is 22.2. The van der Waals surface area contributed by atoms with Gasteiger partial charge in [0.25, 0.3) is 0 Å². The fourth-order valence-corrected chi connectivity index (χ4v) is 3.56. The highest BCUT2D eigenvalue weighted by atomic mass is 16.5. The molecule has 0 bridgehead atoms. The molecule has 0 saturated carbocycles. The van der Waals surface area contributed by atoms with Crippen molar-refractivity contribution in [3.8, 4) is 11.5 Å². The Morgan fingerprint density at radius 1 is 0.656 bits per heavy atom. The van der Waals surface area contributed by atoms with Crippen LogP contribution in [0.4, 0.5) is 0 Å². The predicted octanol–water partition coefficient (Wildman–Crippen LogP) is 6.44. The molecule has 4 aromatic carbocycles. The number of hydrogen-bond donors (Lipinski definition) is 2. The van der Waals surface area contributed by atoms with Gasteiger partial charge in [0.05, 0.1) is 12.1 Å². The van der Waals surface area contributed by atoms with Crippen LogP contribution >= 0.6 is 0 Å². The summed E-state index contributed by atoms with van der Waals surface area (Å²) >= 11 is 0. The molecule has 0 aliphatic heterocycles. The molecule has 0 spiro atoms. The normalized spacial score (nSPS) is 10.6. The minimum Gasteiger partial charge on any atom is -0.494 e. The molecule has 0 saturated heterocycles. The van der Waals surface area contributed by atoms with Crippen LogP contribution in [0.15, 0.2) is 97.1 Å². The minimum atomic E-state index is 0.573. The Hall–Kier alpha value is -3.76. The molecule has 0 atom stereocenters. The molecule has 162 valence electrons. The van der Waals surface area contributed by atoms with E-state index < -0.39 is 0 Å². The molecule has 0 amide bonds. The van der Waals surface area contributed by atoms with Gasteiger partial charge in [-0.05, 0) is 48.4 Å². The fraction of sp³-hybridized carbons (Fsp3) is 0.143. The Kier molecular flexibility index (Phi) is 7.05. The summed E-state index contributed by atoms with van der Waals surface area (Å²) < 4.78 is 11.5. The largest absolute Gasteiger partial charge is 0.494 e. The van der Waals surface area contributed by atoms with Crippen molar-refractivity contribution >= 4 is 21.8 Å². The average molecular weight is 425 g/mol. The highest BCUT2D eigenvalue weighted by Crippen LogP contribution is 2.31. The number of fused-ring (bicyclic) bond motifs is 3. The Bertz CT molecular complexity index is 1260. The van der Waals surface area contributed by atoms with Crippen LogP contribution in [-0.2, 0) is 13.2 Å². The summed E-state index contributed by atoms with van der Waals surface area (Å²) in [6.45, 7) is 3.87. The third kappa shape index (κ3) is 5.29. The van der Waals surface area contributed by atoms with E-state index in [-0.39, 0.29) is 0 Å². The van der Waals surface area contributed by atoms with Gasteiger partial charge in [0, 0.05) is 28.9 Å². The highest BCUT2D eigenvalue weighted by molar-refractivity contribution is 6.08. The zero-order valence-corrected chi connectivity index (χ0v) is 18.3. The summed E-state index contributed by atoms with van der Waals surface area (Å²) in [7, 11) is 0. The van der Waals surface area contributed by atoms with Crippen LogP contribution in [0.3, 0.4) is 0 Å². The molecule has 3 N–H and O–H groups in total. The first-order chi connectivity index (χ1) is 15.8. The first-order valence-corrected chi connectivity index (χ1v) is 10.9. The lowest BCUT2D eigenvalue weighted by Crippen LogP contribution is -1.94. The number of ether oxygens (including phenoxy) is 2. The molecule has 4 heteroatoms. The summed E-state index contributed by atoms with van der Waals surface area (Å²) in [6.07, 6.45) is 0. The van der Waals surface area contributed by atoms with Gasteiger partial charge in [-0.1, -0.05) is 60.7 Å². The molecule has 1 aromatic heterocycles. The third-order valence-corrected chi connectivity index (χ3v) is 5.18. The molecule has 0 radical (unpaired) electrons. The van der Waals surface area contributed by atoms with Crippen molar-refractivity contribution < 1.29 is 9.47 Å². The van der Waals surface area contributed by atoms with Crippen molar-refractivity contribution in [3.05, 3.63) is 108 Å². The lowest BCUT2D eigenvalue weighted by molar-refractivity contribution is 0.306. The monoisotopic (exact) mass is 424 g/mol. The van der Waals surface area contributed by atoms with Gasteiger partial charge >= 0.3 is 0 Å². The maximum absolute atomic E-state index is 5.94. The van der Waals surface area contributed by atoms with Crippen LogP contribution in [0.25, 0.3) is 21.8 Å². The van der Waals surface area contributed by atoms with Crippen LogP contribution < -0.4 is 15.2 Å². The van der Waals surface area contributed by atoms with Crippen molar-refractivity contribution in [2.75, 3.05) is 6.61 Å². The average Bonchev–Trinajstić information content (AvgIpc) is 3.21. The van der Waals surface area contributed by atoms with E-state index in [1.165, 1.54) is 16.3 Å². The van der Waals surface area contributed by atoms with Crippen molar-refractivity contribution in [1.82, 2.24) is 4.98 Å². The van der Waals surface area contributed by atoms with E-state index in [0.717, 1.165) is 28.1 Å². The van der Waals surface area contributed by atoms with Gasteiger partial charge in [-0.3, -0.25) is 0 Å². The standard InChI is InChI=1S/C21H19NO2.C7H9N/c1-2-23-17-8-10-18-19-12-16(9-11-20(19)22-21(18)13-17)24-14-15-6-4-3-5-7-15;8-6-7-4-2-1-3-5-7/h3-13,22H,2,14H2,1H3;1-5H,6,8H2. The smallest absolute Gasteiger partial charge is 0.121 e. The molecule has 0 unspecified atom stereocenters. The molecule has 1 heterocycles. The lowest BCUT2D eigenvalue weighted by atomic mass is 10.1. The second kappa shape index (κ2) is 10.5. The number of aromatic nitrogens is 1. The molecule has 0 aliphatic carbocycles. The number of nitrogens with two attached hydrogens (primary N) is 1. The molecule has 32 heavy (non-hydrogen) atoms. The van der Waals surface area contributed by atoms with Crippen molar-refractivity contribution in [1.29, 1.82) is 0 Å². The van der Waals surface area contributed by atoms with E-state index in [2.05, 4.69) is 35.3 Å². The highest BCUT2D eigenvalue weighted by Gasteiger charge is 2.07. The molecule has 4 nitrogen and oxygen atoms in total. The second-order valence-corrected chi connectivity index (χ2v) is 7.44. The topological polar surface area (TPSA) is 60.3 Å².